The largest absolute Gasteiger partial charge is 0.469 e. The van der Waals surface area contributed by atoms with Gasteiger partial charge in [-0.05, 0) is 32.9 Å². The van der Waals surface area contributed by atoms with Crippen molar-refractivity contribution in [2.24, 2.45) is 0 Å². The Morgan fingerprint density at radius 2 is 2.28 bits per heavy atom. The predicted octanol–water partition coefficient (Wildman–Crippen LogP) is 3.64. The van der Waals surface area contributed by atoms with Gasteiger partial charge in [-0.3, -0.25) is 0 Å². The maximum Gasteiger partial charge on any atom is 0.101 e. The number of aryl methyl sites for hydroxylation is 2. The molecule has 0 bridgehead atoms. The SMILES string of the molecule is CCCNC(Cc1csc(C)n1)c1coc(C)c1. The van der Waals surface area contributed by atoms with Gasteiger partial charge in [-0.25, -0.2) is 4.98 Å². The molecule has 98 valence electrons. The van der Waals surface area contributed by atoms with Crippen LogP contribution in [0.4, 0.5) is 0 Å². The van der Waals surface area contributed by atoms with Gasteiger partial charge in [-0.2, -0.15) is 0 Å². The third kappa shape index (κ3) is 3.43. The van der Waals surface area contributed by atoms with Gasteiger partial charge < -0.3 is 9.73 Å². The topological polar surface area (TPSA) is 38.1 Å². The van der Waals surface area contributed by atoms with Crippen LogP contribution in [0.2, 0.25) is 0 Å². The van der Waals surface area contributed by atoms with Crippen LogP contribution in [0.25, 0.3) is 0 Å². The quantitative estimate of drug-likeness (QED) is 0.865. The first-order valence-electron chi connectivity index (χ1n) is 6.38. The lowest BCUT2D eigenvalue weighted by molar-refractivity contribution is 0.501. The van der Waals surface area contributed by atoms with Gasteiger partial charge in [0.25, 0.3) is 0 Å². The van der Waals surface area contributed by atoms with Crippen LogP contribution in [-0.4, -0.2) is 11.5 Å². The highest BCUT2D eigenvalue weighted by Gasteiger charge is 2.15. The van der Waals surface area contributed by atoms with Crippen LogP contribution in [-0.2, 0) is 6.42 Å². The van der Waals surface area contributed by atoms with Gasteiger partial charge >= 0.3 is 0 Å². The van der Waals surface area contributed by atoms with Crippen LogP contribution in [0.3, 0.4) is 0 Å². The second-order valence-electron chi connectivity index (χ2n) is 4.56. The zero-order chi connectivity index (χ0) is 13.0. The first-order chi connectivity index (χ1) is 8.69. The van der Waals surface area contributed by atoms with E-state index in [0.717, 1.165) is 35.8 Å². The Morgan fingerprint density at radius 3 is 2.83 bits per heavy atom. The molecule has 4 heteroatoms. The van der Waals surface area contributed by atoms with Gasteiger partial charge in [-0.15, -0.1) is 11.3 Å². The van der Waals surface area contributed by atoms with E-state index in [1.165, 1.54) is 5.56 Å². The smallest absolute Gasteiger partial charge is 0.101 e. The van der Waals surface area contributed by atoms with Crippen molar-refractivity contribution in [1.82, 2.24) is 10.3 Å². The Kier molecular flexibility index (Phi) is 4.55. The fourth-order valence-corrected chi connectivity index (χ4v) is 2.61. The molecule has 1 atom stereocenters. The molecule has 0 fully saturated rings. The number of furan rings is 1. The molecule has 0 aliphatic heterocycles. The average molecular weight is 264 g/mol. The van der Waals surface area contributed by atoms with Crippen molar-refractivity contribution in [3.63, 3.8) is 0 Å². The van der Waals surface area contributed by atoms with Crippen LogP contribution in [0, 0.1) is 13.8 Å². The molecule has 2 aromatic rings. The van der Waals surface area contributed by atoms with Crippen molar-refractivity contribution >= 4 is 11.3 Å². The average Bonchev–Trinajstić information content (AvgIpc) is 2.93. The summed E-state index contributed by atoms with van der Waals surface area (Å²) in [5, 5.41) is 6.83. The van der Waals surface area contributed by atoms with Gasteiger partial charge in [0, 0.05) is 23.4 Å². The van der Waals surface area contributed by atoms with E-state index in [1.54, 1.807) is 11.3 Å². The highest BCUT2D eigenvalue weighted by Crippen LogP contribution is 2.21. The van der Waals surface area contributed by atoms with Crippen LogP contribution in [0.15, 0.2) is 22.1 Å². The summed E-state index contributed by atoms with van der Waals surface area (Å²) in [5.74, 6) is 0.961. The van der Waals surface area contributed by atoms with Crippen LogP contribution in [0.5, 0.6) is 0 Å². The highest BCUT2D eigenvalue weighted by atomic mass is 32.1. The summed E-state index contributed by atoms with van der Waals surface area (Å²) < 4.78 is 5.41. The molecular formula is C14H20N2OS. The summed E-state index contributed by atoms with van der Waals surface area (Å²) in [5.41, 5.74) is 2.37. The standard InChI is InChI=1S/C14H20N2OS/c1-4-5-15-14(12-6-10(2)17-8-12)7-13-9-18-11(3)16-13/h6,8-9,14-15H,4-5,7H2,1-3H3. The molecule has 2 heterocycles. The lowest BCUT2D eigenvalue weighted by Crippen LogP contribution is -2.23. The molecule has 0 spiro atoms. The second kappa shape index (κ2) is 6.16. The molecule has 18 heavy (non-hydrogen) atoms. The molecule has 0 aliphatic carbocycles. The molecule has 3 nitrogen and oxygen atoms in total. The number of nitrogens with one attached hydrogen (secondary N) is 1. The first kappa shape index (κ1) is 13.3. The van der Waals surface area contributed by atoms with Crippen LogP contribution in [0.1, 0.15) is 41.4 Å². The molecule has 0 aliphatic rings. The van der Waals surface area contributed by atoms with E-state index in [0.29, 0.717) is 6.04 Å². The van der Waals surface area contributed by atoms with E-state index in [2.05, 4.69) is 28.7 Å². The lowest BCUT2D eigenvalue weighted by Gasteiger charge is -2.15. The van der Waals surface area contributed by atoms with E-state index in [1.807, 2.05) is 20.1 Å². The van der Waals surface area contributed by atoms with Gasteiger partial charge in [0.15, 0.2) is 0 Å². The van der Waals surface area contributed by atoms with Gasteiger partial charge in [0.2, 0.25) is 0 Å². The molecule has 0 saturated carbocycles. The van der Waals surface area contributed by atoms with E-state index in [-0.39, 0.29) is 0 Å². The van der Waals surface area contributed by atoms with Gasteiger partial charge in [0.05, 0.1) is 17.0 Å². The molecule has 1 unspecified atom stereocenters. The molecule has 0 aromatic carbocycles. The Balaban J connectivity index is 2.09. The highest BCUT2D eigenvalue weighted by molar-refractivity contribution is 7.09. The summed E-state index contributed by atoms with van der Waals surface area (Å²) in [6, 6.07) is 2.40. The van der Waals surface area contributed by atoms with E-state index in [4.69, 9.17) is 4.42 Å². The van der Waals surface area contributed by atoms with E-state index >= 15 is 0 Å². The third-order valence-electron chi connectivity index (χ3n) is 2.87. The number of hydrogen-bond donors (Lipinski definition) is 1. The van der Waals surface area contributed by atoms with Crippen molar-refractivity contribution in [2.45, 2.75) is 39.7 Å². The van der Waals surface area contributed by atoms with Gasteiger partial charge in [0.1, 0.15) is 5.76 Å². The lowest BCUT2D eigenvalue weighted by atomic mass is 10.1. The Bertz CT molecular complexity index is 489. The van der Waals surface area contributed by atoms with Crippen LogP contribution >= 0.6 is 11.3 Å². The fraction of sp³-hybridized carbons (Fsp3) is 0.500. The maximum absolute atomic E-state index is 5.41. The number of nitrogens with zero attached hydrogens (tertiary/aromatic N) is 1. The summed E-state index contributed by atoms with van der Waals surface area (Å²) in [6.07, 6.45) is 3.90. The summed E-state index contributed by atoms with van der Waals surface area (Å²) in [6.45, 7) is 7.22. The zero-order valence-corrected chi connectivity index (χ0v) is 12.0. The molecule has 1 N–H and O–H groups in total. The summed E-state index contributed by atoms with van der Waals surface area (Å²) >= 11 is 1.71. The van der Waals surface area contributed by atoms with Crippen molar-refractivity contribution in [1.29, 1.82) is 0 Å². The fourth-order valence-electron chi connectivity index (χ4n) is 1.98. The number of rotatable bonds is 6. The van der Waals surface area contributed by atoms with Crippen molar-refractivity contribution in [2.75, 3.05) is 6.54 Å². The molecule has 0 saturated heterocycles. The summed E-state index contributed by atoms with van der Waals surface area (Å²) in [7, 11) is 0. The minimum absolute atomic E-state index is 0.295. The minimum Gasteiger partial charge on any atom is -0.469 e. The monoisotopic (exact) mass is 264 g/mol. The van der Waals surface area contributed by atoms with E-state index < -0.39 is 0 Å². The van der Waals surface area contributed by atoms with Gasteiger partial charge in [-0.1, -0.05) is 6.92 Å². The van der Waals surface area contributed by atoms with Crippen molar-refractivity contribution in [3.8, 4) is 0 Å². The molecule has 2 aromatic heterocycles. The zero-order valence-electron chi connectivity index (χ0n) is 11.2. The predicted molar refractivity (Wildman–Crippen MR) is 75.0 cm³/mol. The molecular weight excluding hydrogens is 244 g/mol. The second-order valence-corrected chi connectivity index (χ2v) is 5.62. The van der Waals surface area contributed by atoms with Crippen molar-refractivity contribution in [3.05, 3.63) is 39.7 Å². The Morgan fingerprint density at radius 1 is 1.44 bits per heavy atom. The maximum atomic E-state index is 5.41. The minimum atomic E-state index is 0.295. The van der Waals surface area contributed by atoms with Crippen LogP contribution < -0.4 is 5.32 Å². The molecule has 0 amide bonds. The molecule has 0 radical (unpaired) electrons. The Hall–Kier alpha value is -1.13. The number of thiazole rings is 1. The first-order valence-corrected chi connectivity index (χ1v) is 7.26. The van der Waals surface area contributed by atoms with E-state index in [9.17, 15) is 0 Å². The number of aromatic nitrogens is 1. The van der Waals surface area contributed by atoms with Crippen molar-refractivity contribution < 1.29 is 4.42 Å². The molecule has 2 rings (SSSR count). The number of hydrogen-bond acceptors (Lipinski definition) is 4. The Labute approximate surface area is 112 Å². The summed E-state index contributed by atoms with van der Waals surface area (Å²) in [4.78, 5) is 4.54. The normalized spacial score (nSPS) is 12.8. The third-order valence-corrected chi connectivity index (χ3v) is 3.70.